The second-order valence-electron chi connectivity index (χ2n) is 9.92. The van der Waals surface area contributed by atoms with Crippen molar-refractivity contribution < 1.29 is 14.6 Å². The molecule has 1 atom stereocenters. The van der Waals surface area contributed by atoms with Crippen molar-refractivity contribution in [1.29, 1.82) is 0 Å². The van der Waals surface area contributed by atoms with Gasteiger partial charge in [-0.2, -0.15) is 0 Å². The van der Waals surface area contributed by atoms with Crippen LogP contribution in [0.15, 0.2) is 35.1 Å². The van der Waals surface area contributed by atoms with Crippen LogP contribution in [-0.2, 0) is 34.8 Å². The number of piperidine rings is 1. The van der Waals surface area contributed by atoms with E-state index in [1.54, 1.807) is 17.6 Å². The first-order valence-electron chi connectivity index (χ1n) is 12.4. The molecule has 0 amide bonds. The zero-order valence-electron chi connectivity index (χ0n) is 20.1. The molecule has 3 aromatic rings. The molecule has 182 valence electrons. The van der Waals surface area contributed by atoms with Gasteiger partial charge in [0.2, 0.25) is 0 Å². The smallest absolute Gasteiger partial charge is 0.343 e. The van der Waals surface area contributed by atoms with E-state index in [4.69, 9.17) is 9.72 Å². The lowest BCUT2D eigenvalue weighted by molar-refractivity contribution is -0.172. The number of benzene rings is 1. The van der Waals surface area contributed by atoms with Gasteiger partial charge in [0.25, 0.3) is 5.56 Å². The molecule has 6 rings (SSSR count). The van der Waals surface area contributed by atoms with E-state index in [1.807, 2.05) is 19.2 Å². The van der Waals surface area contributed by atoms with Gasteiger partial charge in [0.05, 0.1) is 29.0 Å². The minimum absolute atomic E-state index is 0.115. The van der Waals surface area contributed by atoms with Gasteiger partial charge in [0.1, 0.15) is 6.61 Å². The van der Waals surface area contributed by atoms with Crippen LogP contribution in [0.1, 0.15) is 48.4 Å². The van der Waals surface area contributed by atoms with Crippen molar-refractivity contribution in [1.82, 2.24) is 19.8 Å². The lowest BCUT2D eigenvalue weighted by atomic mass is 9.86. The van der Waals surface area contributed by atoms with Gasteiger partial charge >= 0.3 is 5.97 Å². The Labute approximate surface area is 203 Å². The predicted octanol–water partition coefficient (Wildman–Crippen LogP) is 2.26. The molecule has 2 aromatic heterocycles. The second kappa shape index (κ2) is 8.26. The number of hydrogen-bond donors (Lipinski definition) is 2. The van der Waals surface area contributed by atoms with Crippen molar-refractivity contribution in [3.63, 3.8) is 0 Å². The molecule has 1 saturated heterocycles. The summed E-state index contributed by atoms with van der Waals surface area (Å²) in [6.07, 6.45) is 2.43. The highest BCUT2D eigenvalue weighted by molar-refractivity contribution is 5.88. The van der Waals surface area contributed by atoms with Crippen LogP contribution in [0.25, 0.3) is 22.3 Å². The summed E-state index contributed by atoms with van der Waals surface area (Å²) in [5.74, 6) is -0.704. The average Bonchev–Trinajstić information content (AvgIpc) is 3.24. The summed E-state index contributed by atoms with van der Waals surface area (Å²) < 4.78 is 6.85. The van der Waals surface area contributed by atoms with Gasteiger partial charge in [0.15, 0.2) is 5.60 Å². The van der Waals surface area contributed by atoms with Gasteiger partial charge in [-0.15, -0.1) is 0 Å². The Hall–Kier alpha value is -3.07. The number of nitrogens with zero attached hydrogens (tertiary/aromatic N) is 3. The molecule has 0 radical (unpaired) electrons. The van der Waals surface area contributed by atoms with E-state index >= 15 is 0 Å². The maximum Gasteiger partial charge on any atom is 0.343 e. The molecule has 0 bridgehead atoms. The molecular formula is C27H30N4O4. The molecule has 0 spiro atoms. The Balaban J connectivity index is 1.41. The molecule has 0 aliphatic carbocycles. The molecule has 8 nitrogen and oxygen atoms in total. The van der Waals surface area contributed by atoms with Gasteiger partial charge < -0.3 is 19.7 Å². The number of esters is 1. The summed E-state index contributed by atoms with van der Waals surface area (Å²) in [6.45, 7) is 5.01. The third-order valence-electron chi connectivity index (χ3n) is 8.03. The fraction of sp³-hybridized carbons (Fsp3) is 0.444. The molecule has 0 saturated carbocycles. The van der Waals surface area contributed by atoms with Crippen molar-refractivity contribution in [2.45, 2.75) is 57.5 Å². The van der Waals surface area contributed by atoms with Gasteiger partial charge in [-0.25, -0.2) is 9.78 Å². The average molecular weight is 475 g/mol. The number of carbonyl (C=O) groups excluding carboxylic acids is 1. The number of ether oxygens (including phenoxy) is 1. The largest absolute Gasteiger partial charge is 0.458 e. The molecule has 3 aliphatic rings. The van der Waals surface area contributed by atoms with Crippen LogP contribution in [0.4, 0.5) is 0 Å². The normalized spacial score (nSPS) is 22.1. The molecule has 1 aromatic carbocycles. The SMILES string of the molecule is CC[C@@]1(O)C(=O)OCc2c1cc1n(c2=O)Cc2cc3c(CN4CCC(NC)CC4)cccc3nc2-1. The van der Waals surface area contributed by atoms with Crippen LogP contribution in [0, 0.1) is 0 Å². The van der Waals surface area contributed by atoms with E-state index in [1.165, 1.54) is 5.56 Å². The summed E-state index contributed by atoms with van der Waals surface area (Å²) in [4.78, 5) is 33.2. The molecule has 2 N–H and O–H groups in total. The minimum atomic E-state index is -1.81. The number of carbonyl (C=O) groups is 1. The molecule has 0 unspecified atom stereocenters. The van der Waals surface area contributed by atoms with Gasteiger partial charge in [-0.05, 0) is 63.2 Å². The Morgan fingerprint density at radius 2 is 2.03 bits per heavy atom. The molecule has 1 fully saturated rings. The van der Waals surface area contributed by atoms with Crippen molar-refractivity contribution >= 4 is 16.9 Å². The molecule has 3 aliphatic heterocycles. The number of aromatic nitrogens is 2. The van der Waals surface area contributed by atoms with Crippen LogP contribution in [0.5, 0.6) is 0 Å². The van der Waals surface area contributed by atoms with Crippen molar-refractivity contribution in [3.05, 3.63) is 62.9 Å². The lowest BCUT2D eigenvalue weighted by Gasteiger charge is -2.32. The Bertz CT molecular complexity index is 1410. The maximum atomic E-state index is 13.4. The quantitative estimate of drug-likeness (QED) is 0.438. The molecule has 8 heteroatoms. The van der Waals surface area contributed by atoms with Gasteiger partial charge in [-0.3, -0.25) is 9.69 Å². The highest BCUT2D eigenvalue weighted by atomic mass is 16.6. The van der Waals surface area contributed by atoms with E-state index in [0.29, 0.717) is 29.4 Å². The first-order valence-corrected chi connectivity index (χ1v) is 12.4. The Morgan fingerprint density at radius 3 is 2.77 bits per heavy atom. The van der Waals surface area contributed by atoms with E-state index in [2.05, 4.69) is 22.3 Å². The third kappa shape index (κ3) is 3.43. The van der Waals surface area contributed by atoms with Crippen LogP contribution >= 0.6 is 0 Å². The van der Waals surface area contributed by atoms with Gasteiger partial charge in [0, 0.05) is 29.1 Å². The highest BCUT2D eigenvalue weighted by Crippen LogP contribution is 2.39. The van der Waals surface area contributed by atoms with Crippen molar-refractivity contribution in [3.8, 4) is 11.4 Å². The maximum absolute atomic E-state index is 13.4. The molecular weight excluding hydrogens is 444 g/mol. The summed E-state index contributed by atoms with van der Waals surface area (Å²) in [5, 5.41) is 15.5. The fourth-order valence-corrected chi connectivity index (χ4v) is 5.82. The number of fused-ring (bicyclic) bond motifs is 5. The predicted molar refractivity (Wildman–Crippen MR) is 132 cm³/mol. The Morgan fingerprint density at radius 1 is 1.23 bits per heavy atom. The number of hydrogen-bond acceptors (Lipinski definition) is 7. The monoisotopic (exact) mass is 474 g/mol. The fourth-order valence-electron chi connectivity index (χ4n) is 5.82. The molecule has 5 heterocycles. The summed E-state index contributed by atoms with van der Waals surface area (Å²) in [6, 6.07) is 10.7. The number of pyridine rings is 2. The summed E-state index contributed by atoms with van der Waals surface area (Å²) in [5.41, 5.74) is 3.14. The molecule has 35 heavy (non-hydrogen) atoms. The highest BCUT2D eigenvalue weighted by Gasteiger charge is 2.45. The Kier molecular flexibility index (Phi) is 5.28. The number of nitrogens with one attached hydrogen (secondary N) is 1. The van der Waals surface area contributed by atoms with E-state index in [9.17, 15) is 14.7 Å². The first-order chi connectivity index (χ1) is 16.9. The zero-order valence-corrected chi connectivity index (χ0v) is 20.1. The van der Waals surface area contributed by atoms with E-state index in [0.717, 1.165) is 54.6 Å². The van der Waals surface area contributed by atoms with Crippen LogP contribution in [0.3, 0.4) is 0 Å². The van der Waals surface area contributed by atoms with E-state index < -0.39 is 11.6 Å². The third-order valence-corrected chi connectivity index (χ3v) is 8.03. The van der Waals surface area contributed by atoms with E-state index in [-0.39, 0.29) is 18.6 Å². The van der Waals surface area contributed by atoms with Crippen LogP contribution < -0.4 is 10.9 Å². The lowest BCUT2D eigenvalue weighted by Crippen LogP contribution is -2.44. The zero-order chi connectivity index (χ0) is 24.3. The summed E-state index contributed by atoms with van der Waals surface area (Å²) in [7, 11) is 2.03. The second-order valence-corrected chi connectivity index (χ2v) is 9.92. The number of cyclic esters (lactones) is 1. The van der Waals surface area contributed by atoms with Crippen molar-refractivity contribution in [2.24, 2.45) is 0 Å². The number of rotatable bonds is 4. The number of aliphatic hydroxyl groups is 1. The first kappa shape index (κ1) is 22.4. The van der Waals surface area contributed by atoms with Gasteiger partial charge in [-0.1, -0.05) is 19.1 Å². The van der Waals surface area contributed by atoms with Crippen LogP contribution in [0.2, 0.25) is 0 Å². The standard InChI is InChI=1S/C27H30N4O4/c1-3-27(34)21-12-23-24-17(14-31(23)25(32)20(21)15-35-26(27)33)11-19-16(5-4-6-22(19)29-24)13-30-9-7-18(28-2)8-10-30/h4-6,11-12,18,28,34H,3,7-10,13-15H2,1-2H3/t27-/m0/s1. The number of likely N-dealkylation sites (tertiary alicyclic amines) is 1. The van der Waals surface area contributed by atoms with Crippen LogP contribution in [-0.4, -0.2) is 51.7 Å². The minimum Gasteiger partial charge on any atom is -0.458 e. The van der Waals surface area contributed by atoms with Crippen molar-refractivity contribution in [2.75, 3.05) is 20.1 Å². The summed E-state index contributed by atoms with van der Waals surface area (Å²) >= 11 is 0. The topological polar surface area (TPSA) is 96.7 Å².